The monoisotopic (exact) mass is 581 g/mol. The molecular formula is C37H59NO2S. The van der Waals surface area contributed by atoms with E-state index >= 15 is 0 Å². The lowest BCUT2D eigenvalue weighted by Crippen LogP contribution is -2.23. The Hall–Kier alpha value is -2.07. The van der Waals surface area contributed by atoms with E-state index in [4.69, 9.17) is 12.2 Å². The minimum atomic E-state index is -0.196. The van der Waals surface area contributed by atoms with Crippen molar-refractivity contribution in [2.75, 3.05) is 5.32 Å². The first-order chi connectivity index (χ1) is 19.1. The second-order valence-corrected chi connectivity index (χ2v) is 14.8. The van der Waals surface area contributed by atoms with Crippen molar-refractivity contribution in [2.45, 2.75) is 157 Å². The van der Waals surface area contributed by atoms with Crippen molar-refractivity contribution in [3.63, 3.8) is 0 Å². The van der Waals surface area contributed by atoms with Gasteiger partial charge in [-0.2, -0.15) is 0 Å². The van der Waals surface area contributed by atoms with E-state index < -0.39 is 0 Å². The Morgan fingerprint density at radius 3 is 1.63 bits per heavy atom. The van der Waals surface area contributed by atoms with Gasteiger partial charge in [0.15, 0.2) is 0 Å². The summed E-state index contributed by atoms with van der Waals surface area (Å²) in [5.41, 5.74) is 6.45. The second-order valence-electron chi connectivity index (χ2n) is 14.3. The molecule has 230 valence electrons. The highest BCUT2D eigenvalue weighted by Gasteiger charge is 2.29. The average Bonchev–Trinajstić information content (AvgIpc) is 2.88. The normalized spacial score (nSPS) is 12.9. The Labute approximate surface area is 257 Å². The first-order valence-electron chi connectivity index (χ1n) is 16.1. The number of aryl methyl sites for hydroxylation is 1. The number of anilines is 1. The molecule has 0 aromatic heterocycles. The molecule has 0 spiro atoms. The SMILES string of the molecule is CCCCCCCCCCCCC(C(=S)Nc1cc(C)c(O)c(C)c1C)c1cc(C(C)(C)C)c(O)c(C(C)(C)C)c1. The van der Waals surface area contributed by atoms with Crippen LogP contribution in [0.15, 0.2) is 18.2 Å². The molecule has 2 aromatic rings. The molecule has 0 heterocycles. The van der Waals surface area contributed by atoms with E-state index in [-0.39, 0.29) is 16.7 Å². The molecule has 0 aliphatic rings. The maximum atomic E-state index is 11.4. The third-order valence-corrected chi connectivity index (χ3v) is 9.01. The van der Waals surface area contributed by atoms with Crippen LogP contribution < -0.4 is 5.32 Å². The number of thiocarbonyl (C=S) groups is 1. The Morgan fingerprint density at radius 2 is 1.17 bits per heavy atom. The van der Waals surface area contributed by atoms with Gasteiger partial charge in [-0.05, 0) is 77.5 Å². The van der Waals surface area contributed by atoms with Crippen LogP contribution in [-0.4, -0.2) is 15.2 Å². The minimum absolute atomic E-state index is 0.0376. The van der Waals surface area contributed by atoms with Gasteiger partial charge in [0.2, 0.25) is 0 Å². The Balaban J connectivity index is 2.34. The zero-order chi connectivity index (χ0) is 31.0. The number of hydrogen-bond acceptors (Lipinski definition) is 3. The molecule has 0 radical (unpaired) electrons. The summed E-state index contributed by atoms with van der Waals surface area (Å²) in [7, 11) is 0. The third-order valence-electron chi connectivity index (χ3n) is 8.63. The Morgan fingerprint density at radius 1 is 0.707 bits per heavy atom. The molecule has 1 atom stereocenters. The molecule has 1 unspecified atom stereocenters. The van der Waals surface area contributed by atoms with Crippen molar-refractivity contribution in [1.29, 1.82) is 0 Å². The Kier molecular flexibility index (Phi) is 13.2. The summed E-state index contributed by atoms with van der Waals surface area (Å²) in [6.45, 7) is 21.2. The van der Waals surface area contributed by atoms with Crippen LogP contribution in [0.4, 0.5) is 5.69 Å². The molecule has 3 nitrogen and oxygen atoms in total. The number of hydrogen-bond donors (Lipinski definition) is 3. The van der Waals surface area contributed by atoms with E-state index in [0.29, 0.717) is 11.5 Å². The van der Waals surface area contributed by atoms with Crippen molar-refractivity contribution < 1.29 is 10.2 Å². The van der Waals surface area contributed by atoms with Crippen LogP contribution in [0, 0.1) is 20.8 Å². The fourth-order valence-corrected chi connectivity index (χ4v) is 6.07. The topological polar surface area (TPSA) is 52.5 Å². The molecule has 3 N–H and O–H groups in total. The number of rotatable bonds is 14. The lowest BCUT2D eigenvalue weighted by Gasteiger charge is -2.30. The summed E-state index contributed by atoms with van der Waals surface area (Å²) in [6.07, 6.45) is 14.0. The van der Waals surface area contributed by atoms with Crippen molar-refractivity contribution in [1.82, 2.24) is 0 Å². The number of aromatic hydroxyl groups is 2. The zero-order valence-electron chi connectivity index (χ0n) is 27.9. The molecular weight excluding hydrogens is 522 g/mol. The van der Waals surface area contributed by atoms with Crippen LogP contribution in [-0.2, 0) is 10.8 Å². The fraction of sp³-hybridized carbons (Fsp3) is 0.649. The third kappa shape index (κ3) is 10.0. The van der Waals surface area contributed by atoms with Gasteiger partial charge in [-0.3, -0.25) is 0 Å². The van der Waals surface area contributed by atoms with Crippen molar-refractivity contribution >= 4 is 22.9 Å². The number of benzene rings is 2. The molecule has 0 bridgehead atoms. The summed E-state index contributed by atoms with van der Waals surface area (Å²) < 4.78 is 0. The molecule has 0 aliphatic carbocycles. The van der Waals surface area contributed by atoms with Gasteiger partial charge in [-0.25, -0.2) is 0 Å². The molecule has 4 heteroatoms. The van der Waals surface area contributed by atoms with Gasteiger partial charge in [-0.1, -0.05) is 137 Å². The Bertz CT molecular complexity index is 1120. The lowest BCUT2D eigenvalue weighted by molar-refractivity contribution is 0.422. The van der Waals surface area contributed by atoms with Gasteiger partial charge >= 0.3 is 0 Å². The average molecular weight is 582 g/mol. The lowest BCUT2D eigenvalue weighted by atomic mass is 9.76. The molecule has 0 amide bonds. The number of phenols is 2. The van der Waals surface area contributed by atoms with Gasteiger partial charge < -0.3 is 15.5 Å². The van der Waals surface area contributed by atoms with Gasteiger partial charge in [0, 0.05) is 11.6 Å². The molecule has 0 saturated heterocycles. The van der Waals surface area contributed by atoms with Crippen LogP contribution >= 0.6 is 12.2 Å². The number of unbranched alkanes of at least 4 members (excludes halogenated alkanes) is 9. The molecule has 0 aliphatic heterocycles. The minimum Gasteiger partial charge on any atom is -0.507 e. The molecule has 0 fully saturated rings. The largest absolute Gasteiger partial charge is 0.507 e. The van der Waals surface area contributed by atoms with Gasteiger partial charge in [0.25, 0.3) is 0 Å². The van der Waals surface area contributed by atoms with Crippen LogP contribution in [0.2, 0.25) is 0 Å². The summed E-state index contributed by atoms with van der Waals surface area (Å²) in [5, 5.41) is 25.4. The second kappa shape index (κ2) is 15.4. The van der Waals surface area contributed by atoms with Crippen molar-refractivity contribution in [3.05, 3.63) is 51.6 Å². The van der Waals surface area contributed by atoms with Crippen LogP contribution in [0.1, 0.15) is 158 Å². The molecule has 41 heavy (non-hydrogen) atoms. The van der Waals surface area contributed by atoms with Gasteiger partial charge in [0.1, 0.15) is 11.5 Å². The van der Waals surface area contributed by atoms with Crippen LogP contribution in [0.25, 0.3) is 0 Å². The van der Waals surface area contributed by atoms with Crippen molar-refractivity contribution in [3.8, 4) is 11.5 Å². The van der Waals surface area contributed by atoms with E-state index in [2.05, 4.69) is 65.9 Å². The highest BCUT2D eigenvalue weighted by molar-refractivity contribution is 7.80. The quantitative estimate of drug-likeness (QED) is 0.118. The fourth-order valence-electron chi connectivity index (χ4n) is 5.70. The highest BCUT2D eigenvalue weighted by Crippen LogP contribution is 2.42. The van der Waals surface area contributed by atoms with Gasteiger partial charge in [0.05, 0.1) is 4.99 Å². The number of phenolic OH excluding ortho intramolecular Hbond substituents is 2. The summed E-state index contributed by atoms with van der Waals surface area (Å²) in [5.74, 6) is 0.797. The summed E-state index contributed by atoms with van der Waals surface area (Å²) >= 11 is 6.16. The van der Waals surface area contributed by atoms with E-state index in [9.17, 15) is 10.2 Å². The smallest absolute Gasteiger partial charge is 0.123 e. The van der Waals surface area contributed by atoms with E-state index in [1.54, 1.807) is 0 Å². The van der Waals surface area contributed by atoms with Crippen LogP contribution in [0.5, 0.6) is 11.5 Å². The van der Waals surface area contributed by atoms with Gasteiger partial charge in [-0.15, -0.1) is 0 Å². The predicted octanol–water partition coefficient (Wildman–Crippen LogP) is 11.5. The predicted molar refractivity (Wildman–Crippen MR) is 183 cm³/mol. The van der Waals surface area contributed by atoms with E-state index in [1.807, 2.05) is 26.8 Å². The maximum absolute atomic E-state index is 11.4. The van der Waals surface area contributed by atoms with E-state index in [1.165, 1.54) is 63.4 Å². The standard InChI is InChI=1S/C37H59NO2S/c1-11-12-13-14-15-16-17-18-19-20-21-29(35(41)38-32-22-25(2)33(39)27(4)26(32)3)28-23-30(36(5,6)7)34(40)31(24-28)37(8,9)10/h22-24,29,39-40H,11-21H2,1-10H3,(H,38,41). The number of nitrogens with one attached hydrogen (secondary N) is 1. The molecule has 2 rings (SSSR count). The summed E-state index contributed by atoms with van der Waals surface area (Å²) in [4.78, 5) is 0.805. The van der Waals surface area contributed by atoms with Crippen LogP contribution in [0.3, 0.4) is 0 Å². The maximum Gasteiger partial charge on any atom is 0.123 e. The first-order valence-corrected chi connectivity index (χ1v) is 16.5. The summed E-state index contributed by atoms with van der Waals surface area (Å²) in [6, 6.07) is 6.39. The van der Waals surface area contributed by atoms with E-state index in [0.717, 1.165) is 51.3 Å². The molecule has 0 saturated carbocycles. The zero-order valence-corrected chi connectivity index (χ0v) is 28.7. The highest BCUT2D eigenvalue weighted by atomic mass is 32.1. The van der Waals surface area contributed by atoms with Crippen molar-refractivity contribution in [2.24, 2.45) is 0 Å². The molecule has 2 aromatic carbocycles. The first kappa shape index (κ1) is 35.1.